The fourth-order valence-electron chi connectivity index (χ4n) is 1.60. The van der Waals surface area contributed by atoms with Crippen molar-refractivity contribution in [2.75, 3.05) is 11.9 Å². The monoisotopic (exact) mass is 304 g/mol. The molecule has 0 radical (unpaired) electrons. The molecule has 0 saturated heterocycles. The van der Waals surface area contributed by atoms with E-state index >= 15 is 0 Å². The van der Waals surface area contributed by atoms with E-state index < -0.39 is 0 Å². The smallest absolute Gasteiger partial charge is 0.262 e. The largest absolute Gasteiger partial charge is 0.484 e. The quantitative estimate of drug-likeness (QED) is 0.506. The summed E-state index contributed by atoms with van der Waals surface area (Å²) in [7, 11) is 0. The summed E-state index contributed by atoms with van der Waals surface area (Å²) in [6, 6.07) is 13.6. The zero-order chi connectivity index (χ0) is 15.1. The number of anilines is 1. The summed E-state index contributed by atoms with van der Waals surface area (Å²) in [5.41, 5.74) is 1.39. The first-order valence-electron chi connectivity index (χ1n) is 6.13. The van der Waals surface area contributed by atoms with Gasteiger partial charge < -0.3 is 15.3 Å². The molecule has 0 atom stereocenters. The number of nitrogens with one attached hydrogen (secondary N) is 1. The van der Waals surface area contributed by atoms with Crippen LogP contribution in [0.25, 0.3) is 0 Å². The lowest BCUT2D eigenvalue weighted by Gasteiger charge is -2.07. The average Bonchev–Trinajstić information content (AvgIpc) is 2.49. The summed E-state index contributed by atoms with van der Waals surface area (Å²) < 4.78 is 5.35. The molecule has 0 aliphatic carbocycles. The number of oxime groups is 1. The van der Waals surface area contributed by atoms with Crippen molar-refractivity contribution in [3.63, 3.8) is 0 Å². The summed E-state index contributed by atoms with van der Waals surface area (Å²) in [6.07, 6.45) is 1.30. The number of nitrogens with zero attached hydrogens (tertiary/aromatic N) is 1. The second kappa shape index (κ2) is 7.31. The highest BCUT2D eigenvalue weighted by Gasteiger charge is 2.03. The molecule has 1 amide bonds. The third-order valence-electron chi connectivity index (χ3n) is 2.58. The van der Waals surface area contributed by atoms with Crippen LogP contribution in [0.5, 0.6) is 5.75 Å². The maximum atomic E-state index is 11.7. The predicted molar refractivity (Wildman–Crippen MR) is 81.4 cm³/mol. The Bertz CT molecular complexity index is 624. The topological polar surface area (TPSA) is 70.9 Å². The SMILES string of the molecule is O=C(COc1ccc(/C=N\O)cc1)Nc1ccc(Cl)cc1. The summed E-state index contributed by atoms with van der Waals surface area (Å²) in [4.78, 5) is 11.7. The van der Waals surface area contributed by atoms with Crippen molar-refractivity contribution in [2.45, 2.75) is 0 Å². The lowest BCUT2D eigenvalue weighted by Crippen LogP contribution is -2.20. The molecule has 2 rings (SSSR count). The van der Waals surface area contributed by atoms with E-state index in [9.17, 15) is 4.79 Å². The molecule has 2 aromatic carbocycles. The van der Waals surface area contributed by atoms with Crippen molar-refractivity contribution in [3.05, 3.63) is 59.1 Å². The van der Waals surface area contributed by atoms with Crippen LogP contribution < -0.4 is 10.1 Å². The van der Waals surface area contributed by atoms with Gasteiger partial charge in [0.25, 0.3) is 5.91 Å². The number of hydrogen-bond acceptors (Lipinski definition) is 4. The van der Waals surface area contributed by atoms with Gasteiger partial charge in [0.15, 0.2) is 6.61 Å². The molecular weight excluding hydrogens is 292 g/mol. The minimum Gasteiger partial charge on any atom is -0.484 e. The molecular formula is C15H13ClN2O3. The minimum absolute atomic E-state index is 0.101. The predicted octanol–water partition coefficient (Wildman–Crippen LogP) is 3.17. The fraction of sp³-hybridized carbons (Fsp3) is 0.0667. The van der Waals surface area contributed by atoms with Gasteiger partial charge in [-0.1, -0.05) is 16.8 Å². The van der Waals surface area contributed by atoms with Crippen LogP contribution in [-0.2, 0) is 4.79 Å². The van der Waals surface area contributed by atoms with Gasteiger partial charge in [0.2, 0.25) is 0 Å². The molecule has 0 fully saturated rings. The molecule has 0 aliphatic heterocycles. The highest BCUT2D eigenvalue weighted by atomic mass is 35.5. The molecule has 6 heteroatoms. The number of rotatable bonds is 5. The van der Waals surface area contributed by atoms with Crippen LogP contribution in [0, 0.1) is 0 Å². The molecule has 0 aromatic heterocycles. The Kier molecular flexibility index (Phi) is 5.17. The Hall–Kier alpha value is -2.53. The standard InChI is InChI=1S/C15H13ClN2O3/c16-12-3-5-13(6-4-12)18-15(19)10-21-14-7-1-11(2-8-14)9-17-20/h1-9,20H,10H2,(H,18,19)/b17-9-. The molecule has 108 valence electrons. The third kappa shape index (κ3) is 4.81. The lowest BCUT2D eigenvalue weighted by atomic mass is 10.2. The zero-order valence-corrected chi connectivity index (χ0v) is 11.7. The fourth-order valence-corrected chi connectivity index (χ4v) is 1.72. The molecule has 0 spiro atoms. The van der Waals surface area contributed by atoms with Crippen LogP contribution in [0.2, 0.25) is 5.02 Å². The molecule has 21 heavy (non-hydrogen) atoms. The minimum atomic E-state index is -0.265. The molecule has 2 aromatic rings. The van der Waals surface area contributed by atoms with Gasteiger partial charge in [0.05, 0.1) is 6.21 Å². The third-order valence-corrected chi connectivity index (χ3v) is 2.84. The summed E-state index contributed by atoms with van der Waals surface area (Å²) in [6.45, 7) is -0.101. The molecule has 5 nitrogen and oxygen atoms in total. The van der Waals surface area contributed by atoms with E-state index in [1.54, 1.807) is 48.5 Å². The van der Waals surface area contributed by atoms with Gasteiger partial charge in [-0.2, -0.15) is 0 Å². The zero-order valence-electron chi connectivity index (χ0n) is 11.0. The number of hydrogen-bond donors (Lipinski definition) is 2. The van der Waals surface area contributed by atoms with Gasteiger partial charge in [-0.05, 0) is 54.1 Å². The van der Waals surface area contributed by atoms with Gasteiger partial charge in [-0.25, -0.2) is 0 Å². The summed E-state index contributed by atoms with van der Waals surface area (Å²) in [5.74, 6) is 0.287. The summed E-state index contributed by atoms with van der Waals surface area (Å²) >= 11 is 5.76. The second-order valence-corrected chi connectivity index (χ2v) is 4.59. The number of benzene rings is 2. The maximum absolute atomic E-state index is 11.7. The van der Waals surface area contributed by atoms with Crippen LogP contribution in [0.15, 0.2) is 53.7 Å². The second-order valence-electron chi connectivity index (χ2n) is 4.16. The Morgan fingerprint density at radius 2 is 1.86 bits per heavy atom. The molecule has 2 N–H and O–H groups in total. The van der Waals surface area contributed by atoms with Crippen molar-refractivity contribution in [3.8, 4) is 5.75 Å². The van der Waals surface area contributed by atoms with Crippen molar-refractivity contribution in [1.29, 1.82) is 0 Å². The van der Waals surface area contributed by atoms with E-state index in [4.69, 9.17) is 21.5 Å². The summed E-state index contributed by atoms with van der Waals surface area (Å²) in [5, 5.41) is 14.6. The molecule has 0 heterocycles. The molecule has 0 bridgehead atoms. The number of halogens is 1. The Morgan fingerprint density at radius 1 is 1.19 bits per heavy atom. The van der Waals surface area contributed by atoms with E-state index in [1.807, 2.05) is 0 Å². The van der Waals surface area contributed by atoms with Crippen LogP contribution >= 0.6 is 11.6 Å². The van der Waals surface area contributed by atoms with Gasteiger partial charge in [0, 0.05) is 10.7 Å². The first-order chi connectivity index (χ1) is 10.2. The van der Waals surface area contributed by atoms with Crippen molar-refractivity contribution >= 4 is 29.4 Å². The van der Waals surface area contributed by atoms with E-state index in [-0.39, 0.29) is 12.5 Å². The van der Waals surface area contributed by atoms with Gasteiger partial charge in [0.1, 0.15) is 5.75 Å². The maximum Gasteiger partial charge on any atom is 0.262 e. The first kappa shape index (κ1) is 14.9. The highest BCUT2D eigenvalue weighted by Crippen LogP contribution is 2.14. The van der Waals surface area contributed by atoms with Crippen LogP contribution in [0.3, 0.4) is 0 Å². The van der Waals surface area contributed by atoms with Gasteiger partial charge in [-0.15, -0.1) is 0 Å². The highest BCUT2D eigenvalue weighted by molar-refractivity contribution is 6.30. The molecule has 0 saturated carbocycles. The average molecular weight is 305 g/mol. The normalized spacial score (nSPS) is 10.5. The number of carbonyl (C=O) groups excluding carboxylic acids is 1. The van der Waals surface area contributed by atoms with E-state index in [0.29, 0.717) is 16.5 Å². The Balaban J connectivity index is 1.84. The first-order valence-corrected chi connectivity index (χ1v) is 6.51. The van der Waals surface area contributed by atoms with Crippen LogP contribution in [-0.4, -0.2) is 23.9 Å². The Labute approximate surface area is 126 Å². The lowest BCUT2D eigenvalue weighted by molar-refractivity contribution is -0.118. The number of ether oxygens (including phenoxy) is 1. The number of carbonyl (C=O) groups is 1. The van der Waals surface area contributed by atoms with Crippen molar-refractivity contribution in [1.82, 2.24) is 0 Å². The van der Waals surface area contributed by atoms with Gasteiger partial charge >= 0.3 is 0 Å². The van der Waals surface area contributed by atoms with Crippen LogP contribution in [0.4, 0.5) is 5.69 Å². The molecule has 0 aliphatic rings. The van der Waals surface area contributed by atoms with E-state index in [2.05, 4.69) is 10.5 Å². The van der Waals surface area contributed by atoms with E-state index in [1.165, 1.54) is 6.21 Å². The van der Waals surface area contributed by atoms with Crippen molar-refractivity contribution in [2.24, 2.45) is 5.16 Å². The van der Waals surface area contributed by atoms with Crippen molar-refractivity contribution < 1.29 is 14.7 Å². The van der Waals surface area contributed by atoms with E-state index in [0.717, 1.165) is 5.56 Å². The van der Waals surface area contributed by atoms with Gasteiger partial charge in [-0.3, -0.25) is 4.79 Å². The Morgan fingerprint density at radius 3 is 2.48 bits per heavy atom. The molecule has 0 unspecified atom stereocenters. The number of amides is 1. The van der Waals surface area contributed by atoms with Crippen LogP contribution in [0.1, 0.15) is 5.56 Å².